The summed E-state index contributed by atoms with van der Waals surface area (Å²) in [6, 6.07) is 91.9. The van der Waals surface area contributed by atoms with E-state index in [4.69, 9.17) is 4.74 Å². The van der Waals surface area contributed by atoms with E-state index < -0.39 is 0 Å². The van der Waals surface area contributed by atoms with Gasteiger partial charge in [-0.25, -0.2) is 9.67 Å². The largest absolute Gasteiger partial charge is 0.378 e. The summed E-state index contributed by atoms with van der Waals surface area (Å²) in [6.07, 6.45) is 19.3. The fraction of sp³-hybridized carbons (Fsp3) is 0.194. The average molecular weight is 1990 g/mol. The summed E-state index contributed by atoms with van der Waals surface area (Å²) in [5.74, 6) is 0.771. The van der Waals surface area contributed by atoms with Gasteiger partial charge in [0.25, 0.3) is 29.5 Å². The molecule has 1 fully saturated rings. The van der Waals surface area contributed by atoms with Crippen molar-refractivity contribution in [3.05, 3.63) is 406 Å². The predicted octanol–water partition coefficient (Wildman–Crippen LogP) is 26.1. The van der Waals surface area contributed by atoms with Crippen LogP contribution in [0.2, 0.25) is 0 Å². The number of pyridine rings is 4. The van der Waals surface area contributed by atoms with Crippen LogP contribution in [0, 0.1) is 48.5 Å². The Morgan fingerprint density at radius 3 is 1.36 bits per heavy atom. The number of benzene rings is 12. The molecular formula is C124H121N17O7S. The summed E-state index contributed by atoms with van der Waals surface area (Å²) in [5.41, 5.74) is 28.0. The van der Waals surface area contributed by atoms with Crippen molar-refractivity contribution in [2.24, 2.45) is 0 Å². The molecule has 0 unspecified atom stereocenters. The molecule has 0 radical (unpaired) electrons. The number of ether oxygens (including phenoxy) is 1. The van der Waals surface area contributed by atoms with Crippen molar-refractivity contribution >= 4 is 135 Å². The Kier molecular flexibility index (Phi) is 32.9. The Hall–Kier alpha value is -17.4. The highest BCUT2D eigenvalue weighted by Crippen LogP contribution is 2.39. The number of hydrogen-bond acceptors (Lipinski definition) is 17. The van der Waals surface area contributed by atoms with Gasteiger partial charge in [-0.05, 0) is 369 Å². The molecule has 149 heavy (non-hydrogen) atoms. The molecule has 25 heteroatoms. The van der Waals surface area contributed by atoms with Crippen LogP contribution in [0.5, 0.6) is 0 Å². The van der Waals surface area contributed by atoms with Crippen LogP contribution < -0.4 is 41.3 Å². The van der Waals surface area contributed by atoms with Gasteiger partial charge in [-0.2, -0.15) is 5.10 Å². The van der Waals surface area contributed by atoms with Gasteiger partial charge in [0.15, 0.2) is 0 Å². The Balaban J connectivity index is 0.000000127. The number of rotatable bonds is 22. The first-order valence-electron chi connectivity index (χ1n) is 50.1. The monoisotopic (exact) mass is 1990 g/mol. The van der Waals surface area contributed by atoms with E-state index in [0.717, 1.165) is 181 Å². The van der Waals surface area contributed by atoms with Crippen LogP contribution in [0.15, 0.2) is 329 Å². The van der Waals surface area contributed by atoms with Gasteiger partial charge in [0.1, 0.15) is 23.9 Å². The van der Waals surface area contributed by atoms with Gasteiger partial charge >= 0.3 is 0 Å². The minimum atomic E-state index is -0.224. The van der Waals surface area contributed by atoms with Crippen LogP contribution in [0.25, 0.3) is 98.9 Å². The first-order valence-corrected chi connectivity index (χ1v) is 50.9. The zero-order valence-corrected chi connectivity index (χ0v) is 87.0. The number of H-pyrrole nitrogens is 1. The highest BCUT2D eigenvalue weighted by molar-refractivity contribution is 7.14. The van der Waals surface area contributed by atoms with Crippen LogP contribution in [0.1, 0.15) is 128 Å². The normalized spacial score (nSPS) is 11.9. The van der Waals surface area contributed by atoms with Gasteiger partial charge in [-0.15, -0.1) is 11.3 Å². The lowest BCUT2D eigenvalue weighted by molar-refractivity contribution is -0.117. The van der Waals surface area contributed by atoms with E-state index in [0.29, 0.717) is 60.2 Å². The predicted molar refractivity (Wildman–Crippen MR) is 608 cm³/mol. The van der Waals surface area contributed by atoms with Crippen LogP contribution in [-0.4, -0.2) is 148 Å². The molecule has 7 aromatic heterocycles. The molecule has 21 rings (SSSR count). The Morgan fingerprint density at radius 2 is 0.866 bits per heavy atom. The summed E-state index contributed by atoms with van der Waals surface area (Å²) < 4.78 is 7.03. The van der Waals surface area contributed by atoms with Crippen molar-refractivity contribution in [1.82, 2.24) is 44.6 Å². The standard InChI is InChI=1S/C27H31N3O2.C26H24N4O2.C25H22N2OS.C24H23N3O.C22H21N5O/c1-6-30(7-2)27(32)22-12-8-10-20(16-22)25-18-23(15-14-19(25)3)28-26(31)21-11-9-13-24(17-21)29(4)5;1-18-2-5-22(15-24(18)20-4-3-19-6-8-27-17-21(19)14-20)29-26(31)25-16-23(7-9-28-25)30-10-12-32-13-11-30;1-16-6-9-21(27-25(28)24-13-19-4-2-3-5-23(19)29-24)14-22(16)18-8-7-17-10-11-26-15-20(17)12-18;1-16-10-11-18(26-24(28)17-6-4-7-19(14-17)27(2)3)15-22(16)20-8-5-9-23-21(20)12-13-25-23;1-14-4-7-20(25-22(28)13-27-16(3)24-15(2)26-27)11-21(14)18-6-5-17-8-9-23-12-19(17)10-18/h8-18H,6-7H2,1-5H3,(H,28,31);2-9,14-17H,10-13H2,1H3,(H,29,31);6-15H,2-5H2,1H3,(H,27,28);4-15,25H,1-3H3,(H,26,28);4-12H,13H2,1-3H3,(H,25,28). The number of aromatic nitrogens is 8. The zero-order chi connectivity index (χ0) is 104. The van der Waals surface area contributed by atoms with Crippen LogP contribution >= 0.6 is 11.3 Å². The fourth-order valence-electron chi connectivity index (χ4n) is 18.5. The van der Waals surface area contributed by atoms with E-state index >= 15 is 0 Å². The molecule has 6 amide bonds. The molecular weight excluding hydrogens is 1870 g/mol. The number of morpholine rings is 1. The third kappa shape index (κ3) is 25.6. The average Bonchev–Trinajstić information content (AvgIpc) is 1.78. The number of carbonyl (C=O) groups is 6. The van der Waals surface area contributed by atoms with Crippen molar-refractivity contribution in [2.75, 3.05) is 109 Å². The molecule has 8 heterocycles. The van der Waals surface area contributed by atoms with Crippen LogP contribution in [0.4, 0.5) is 45.5 Å². The van der Waals surface area contributed by atoms with Crippen molar-refractivity contribution in [3.8, 4) is 55.6 Å². The van der Waals surface area contributed by atoms with Crippen molar-refractivity contribution in [1.29, 1.82) is 0 Å². The molecule has 2 aliphatic rings. The summed E-state index contributed by atoms with van der Waals surface area (Å²) in [5, 5.41) is 27.3. The first kappa shape index (κ1) is 103. The molecule has 0 saturated carbocycles. The van der Waals surface area contributed by atoms with Crippen LogP contribution in [0.3, 0.4) is 0 Å². The molecule has 750 valence electrons. The fourth-order valence-corrected chi connectivity index (χ4v) is 19.6. The number of amides is 6. The number of nitrogens with zero attached hydrogens (tertiary/aromatic N) is 11. The van der Waals surface area contributed by atoms with Gasteiger partial charge in [0.2, 0.25) is 5.91 Å². The third-order valence-electron chi connectivity index (χ3n) is 26.8. The number of anilines is 8. The summed E-state index contributed by atoms with van der Waals surface area (Å²) in [4.78, 5) is 111. The molecule has 1 aliphatic carbocycles. The highest BCUT2D eigenvalue weighted by atomic mass is 32.1. The third-order valence-corrected chi connectivity index (χ3v) is 28.0. The second-order valence-corrected chi connectivity index (χ2v) is 38.8. The lowest BCUT2D eigenvalue weighted by Gasteiger charge is -2.28. The van der Waals surface area contributed by atoms with E-state index in [2.05, 4.69) is 185 Å². The topological polar surface area (TPSA) is 283 Å². The minimum Gasteiger partial charge on any atom is -0.378 e. The quantitative estimate of drug-likeness (QED) is 0.0368. The number of hydrogen-bond donors (Lipinski definition) is 6. The maximum absolute atomic E-state index is 12.9. The Labute approximate surface area is 872 Å². The number of carbonyl (C=O) groups excluding carboxylic acids is 6. The first-order chi connectivity index (χ1) is 72.2. The number of aromatic amines is 1. The molecule has 0 spiro atoms. The maximum Gasteiger partial charge on any atom is 0.274 e. The molecule has 0 atom stereocenters. The van der Waals surface area contributed by atoms with Gasteiger partial charge in [0, 0.05) is 198 Å². The van der Waals surface area contributed by atoms with Crippen molar-refractivity contribution < 1.29 is 33.5 Å². The summed E-state index contributed by atoms with van der Waals surface area (Å²) in [6.45, 7) is 22.5. The number of thiophene rings is 1. The van der Waals surface area contributed by atoms with Crippen molar-refractivity contribution in [3.63, 3.8) is 0 Å². The van der Waals surface area contributed by atoms with Gasteiger partial charge < -0.3 is 55.9 Å². The molecule has 19 aromatic rings. The minimum absolute atomic E-state index is 0.0121. The molecule has 0 bridgehead atoms. The summed E-state index contributed by atoms with van der Waals surface area (Å²) in [7, 11) is 7.82. The second kappa shape index (κ2) is 47.6. The number of aryl methyl sites for hydroxylation is 9. The Morgan fingerprint density at radius 1 is 0.409 bits per heavy atom. The van der Waals surface area contributed by atoms with E-state index in [1.54, 1.807) is 40.7 Å². The lowest BCUT2D eigenvalue weighted by atomic mass is 9.97. The molecule has 1 aliphatic heterocycles. The van der Waals surface area contributed by atoms with E-state index in [1.165, 1.54) is 45.2 Å². The maximum atomic E-state index is 12.9. The van der Waals surface area contributed by atoms with E-state index in [1.807, 2.05) is 290 Å². The van der Waals surface area contributed by atoms with E-state index in [-0.39, 0.29) is 42.0 Å². The number of nitrogens with one attached hydrogen (secondary N) is 6. The van der Waals surface area contributed by atoms with Crippen molar-refractivity contribution in [2.45, 2.75) is 94.5 Å². The zero-order valence-electron chi connectivity index (χ0n) is 86.1. The Bertz CT molecular complexity index is 8130. The van der Waals surface area contributed by atoms with E-state index in [9.17, 15) is 28.8 Å². The SMILES string of the molecule is CCN(CC)C(=O)c1cccc(-c2cc(NC(=O)c3cccc(N(C)C)c3)ccc2C)c1.Cc1ccc(NC(=O)c2cc(N3CCOCC3)ccn2)cc1-c1ccc2ccncc2c1.Cc1ccc(NC(=O)c2cc3c(s2)CCCC3)cc1-c1ccc2ccncc2c1.Cc1ccc(NC(=O)c2cccc(N(C)C)c2)cc1-c1cccc2[nH]ccc12.Cc1nc(C)n(CC(=O)Nc2ccc(C)c(-c3ccc4ccncc4c3)c2)n1. The van der Waals surface area contributed by atoms with Gasteiger partial charge in [0.05, 0.1) is 18.1 Å². The van der Waals surface area contributed by atoms with Crippen LogP contribution in [-0.2, 0) is 28.9 Å². The summed E-state index contributed by atoms with van der Waals surface area (Å²) >= 11 is 1.65. The second-order valence-electron chi connectivity index (χ2n) is 37.6. The number of fused-ring (bicyclic) bond motifs is 5. The smallest absolute Gasteiger partial charge is 0.274 e. The van der Waals surface area contributed by atoms with Gasteiger partial charge in [-0.3, -0.25) is 48.7 Å². The molecule has 6 N–H and O–H groups in total. The lowest BCUT2D eigenvalue weighted by Crippen LogP contribution is -2.36. The molecule has 24 nitrogen and oxygen atoms in total. The molecule has 1 saturated heterocycles. The molecule has 12 aromatic carbocycles. The highest BCUT2D eigenvalue weighted by Gasteiger charge is 2.24. The van der Waals surface area contributed by atoms with Gasteiger partial charge in [-0.1, -0.05) is 103 Å².